The van der Waals surface area contributed by atoms with Crippen LogP contribution in [0.2, 0.25) is 0 Å². The summed E-state index contributed by atoms with van der Waals surface area (Å²) in [5.41, 5.74) is 1.13. The summed E-state index contributed by atoms with van der Waals surface area (Å²) in [5.74, 6) is 2.41. The van der Waals surface area contributed by atoms with Crippen molar-refractivity contribution in [1.29, 1.82) is 0 Å². The average molecular weight is 422 g/mol. The molecule has 1 aromatic carbocycles. The van der Waals surface area contributed by atoms with E-state index in [9.17, 15) is 4.79 Å². The molecule has 0 aromatic heterocycles. The van der Waals surface area contributed by atoms with Crippen molar-refractivity contribution < 1.29 is 28.8 Å². The highest BCUT2D eigenvalue weighted by Crippen LogP contribution is 2.39. The SMILES string of the molecule is COc1ccc(C[NH+]2CC[NH+](CC(=O)N3[C@H](C)CCC[C@H]3C)CC2)c(OC)c1OC. The predicted molar refractivity (Wildman–Crippen MR) is 116 cm³/mol. The van der Waals surface area contributed by atoms with Crippen molar-refractivity contribution >= 4 is 5.91 Å². The van der Waals surface area contributed by atoms with Gasteiger partial charge in [0.05, 0.1) is 26.9 Å². The van der Waals surface area contributed by atoms with E-state index in [1.165, 1.54) is 16.2 Å². The lowest BCUT2D eigenvalue weighted by atomic mass is 9.97. The van der Waals surface area contributed by atoms with Crippen LogP contribution in [0.15, 0.2) is 12.1 Å². The second kappa shape index (κ2) is 10.4. The number of ether oxygens (including phenoxy) is 3. The van der Waals surface area contributed by atoms with E-state index in [2.05, 4.69) is 24.8 Å². The van der Waals surface area contributed by atoms with E-state index in [4.69, 9.17) is 14.2 Å². The molecular weight excluding hydrogens is 382 g/mol. The molecule has 0 aliphatic carbocycles. The summed E-state index contributed by atoms with van der Waals surface area (Å²) in [6, 6.07) is 4.77. The number of benzene rings is 1. The average Bonchev–Trinajstić information content (AvgIpc) is 2.74. The number of amides is 1. The number of carbonyl (C=O) groups is 1. The summed E-state index contributed by atoms with van der Waals surface area (Å²) in [4.78, 5) is 18.0. The zero-order valence-electron chi connectivity index (χ0n) is 19.3. The van der Waals surface area contributed by atoms with Crippen LogP contribution in [-0.4, -0.2) is 76.9 Å². The molecule has 2 atom stereocenters. The normalized spacial score (nSPS) is 26.9. The van der Waals surface area contributed by atoms with Gasteiger partial charge in [-0.05, 0) is 45.2 Å². The molecule has 0 radical (unpaired) electrons. The number of methoxy groups -OCH3 is 3. The van der Waals surface area contributed by atoms with Crippen LogP contribution in [0.4, 0.5) is 0 Å². The Morgan fingerprint density at radius 3 is 2.10 bits per heavy atom. The first-order valence-corrected chi connectivity index (χ1v) is 11.2. The number of hydrogen-bond donors (Lipinski definition) is 2. The largest absolute Gasteiger partial charge is 0.493 e. The minimum atomic E-state index is 0.328. The molecule has 2 saturated heterocycles. The number of likely N-dealkylation sites (tertiary alicyclic amines) is 1. The third-order valence-electron chi connectivity index (χ3n) is 6.77. The van der Waals surface area contributed by atoms with Gasteiger partial charge in [-0.2, -0.15) is 0 Å². The molecule has 168 valence electrons. The first-order valence-electron chi connectivity index (χ1n) is 11.2. The van der Waals surface area contributed by atoms with Gasteiger partial charge in [0.15, 0.2) is 18.0 Å². The van der Waals surface area contributed by atoms with E-state index in [1.807, 2.05) is 6.07 Å². The fraction of sp³-hybridized carbons (Fsp3) is 0.696. The summed E-state index contributed by atoms with van der Waals surface area (Å²) in [6.45, 7) is 10.0. The Kier molecular flexibility index (Phi) is 7.83. The second-order valence-corrected chi connectivity index (χ2v) is 8.78. The fourth-order valence-corrected chi connectivity index (χ4v) is 5.10. The highest BCUT2D eigenvalue weighted by Gasteiger charge is 2.33. The second-order valence-electron chi connectivity index (χ2n) is 8.78. The van der Waals surface area contributed by atoms with Crippen LogP contribution in [0.1, 0.15) is 38.7 Å². The summed E-state index contributed by atoms with van der Waals surface area (Å²) >= 11 is 0. The van der Waals surface area contributed by atoms with E-state index in [-0.39, 0.29) is 0 Å². The van der Waals surface area contributed by atoms with Crippen molar-refractivity contribution in [3.8, 4) is 17.2 Å². The molecule has 2 aliphatic rings. The van der Waals surface area contributed by atoms with Crippen LogP contribution in [0.3, 0.4) is 0 Å². The summed E-state index contributed by atoms with van der Waals surface area (Å²) in [5, 5.41) is 0. The van der Waals surface area contributed by atoms with Gasteiger partial charge in [-0.3, -0.25) is 4.79 Å². The maximum absolute atomic E-state index is 12.9. The molecule has 2 aliphatic heterocycles. The quantitative estimate of drug-likeness (QED) is 0.640. The van der Waals surface area contributed by atoms with Crippen molar-refractivity contribution in [2.45, 2.75) is 51.7 Å². The van der Waals surface area contributed by atoms with Gasteiger partial charge >= 0.3 is 0 Å². The van der Waals surface area contributed by atoms with Crippen molar-refractivity contribution in [3.05, 3.63) is 17.7 Å². The molecule has 3 rings (SSSR count). The van der Waals surface area contributed by atoms with Gasteiger partial charge in [0.25, 0.3) is 5.91 Å². The van der Waals surface area contributed by atoms with Gasteiger partial charge < -0.3 is 28.9 Å². The number of piperazine rings is 1. The van der Waals surface area contributed by atoms with Gasteiger partial charge in [0.1, 0.15) is 32.7 Å². The topological polar surface area (TPSA) is 56.9 Å². The van der Waals surface area contributed by atoms with E-state index in [1.54, 1.807) is 21.3 Å². The van der Waals surface area contributed by atoms with Gasteiger partial charge in [0, 0.05) is 12.1 Å². The maximum atomic E-state index is 12.9. The lowest BCUT2D eigenvalue weighted by Crippen LogP contribution is -3.28. The van der Waals surface area contributed by atoms with Crippen molar-refractivity contribution in [2.75, 3.05) is 54.1 Å². The number of rotatable bonds is 7. The van der Waals surface area contributed by atoms with E-state index >= 15 is 0 Å². The van der Waals surface area contributed by atoms with Crippen molar-refractivity contribution in [2.24, 2.45) is 0 Å². The number of piperidine rings is 1. The summed E-state index contributed by atoms with van der Waals surface area (Å²) < 4.78 is 16.5. The van der Waals surface area contributed by atoms with Crippen LogP contribution < -0.4 is 24.0 Å². The molecule has 1 amide bonds. The Morgan fingerprint density at radius 1 is 0.933 bits per heavy atom. The molecule has 0 bridgehead atoms. The molecular formula is C23H39N3O4+2. The zero-order valence-corrected chi connectivity index (χ0v) is 19.3. The highest BCUT2D eigenvalue weighted by molar-refractivity contribution is 5.77. The van der Waals surface area contributed by atoms with Crippen LogP contribution in [0.5, 0.6) is 17.2 Å². The van der Waals surface area contributed by atoms with Crippen molar-refractivity contribution in [1.82, 2.24) is 4.90 Å². The number of quaternary nitrogens is 2. The molecule has 7 nitrogen and oxygen atoms in total. The molecule has 0 spiro atoms. The third-order valence-corrected chi connectivity index (χ3v) is 6.77. The first kappa shape index (κ1) is 22.7. The molecule has 30 heavy (non-hydrogen) atoms. The van der Waals surface area contributed by atoms with Gasteiger partial charge in [0.2, 0.25) is 5.75 Å². The molecule has 0 unspecified atom stereocenters. The maximum Gasteiger partial charge on any atom is 0.278 e. The molecule has 1 aromatic rings. The molecule has 2 fully saturated rings. The van der Waals surface area contributed by atoms with Gasteiger partial charge in [-0.25, -0.2) is 0 Å². The lowest BCUT2D eigenvalue weighted by molar-refractivity contribution is -1.02. The Bertz CT molecular complexity index is 709. The standard InChI is InChI=1S/C23H37N3O4/c1-17-7-6-8-18(2)26(17)21(27)16-25-13-11-24(12-14-25)15-19-9-10-20(28-3)23(30-5)22(19)29-4/h9-10,17-18H,6-8,11-16H2,1-5H3/p+2/t17-,18-/m1/s1. The third kappa shape index (κ3) is 5.01. The first-order chi connectivity index (χ1) is 14.5. The van der Waals surface area contributed by atoms with Crippen LogP contribution >= 0.6 is 0 Å². The summed E-state index contributed by atoms with van der Waals surface area (Å²) in [6.07, 6.45) is 3.51. The Labute approximate surface area is 180 Å². The highest BCUT2D eigenvalue weighted by atomic mass is 16.5. The molecule has 2 N–H and O–H groups in total. The van der Waals surface area contributed by atoms with E-state index in [0.29, 0.717) is 36.0 Å². The van der Waals surface area contributed by atoms with Gasteiger partial charge in [-0.1, -0.05) is 0 Å². The molecule has 0 saturated carbocycles. The zero-order chi connectivity index (χ0) is 21.7. The molecule has 2 heterocycles. The minimum absolute atomic E-state index is 0.328. The predicted octanol–water partition coefficient (Wildman–Crippen LogP) is -0.215. The monoisotopic (exact) mass is 421 g/mol. The number of hydrogen-bond acceptors (Lipinski definition) is 4. The number of nitrogens with zero attached hydrogens (tertiary/aromatic N) is 1. The van der Waals surface area contributed by atoms with Crippen LogP contribution in [0, 0.1) is 0 Å². The van der Waals surface area contributed by atoms with Gasteiger partial charge in [-0.15, -0.1) is 0 Å². The summed E-state index contributed by atoms with van der Waals surface area (Å²) in [7, 11) is 4.95. The fourth-order valence-electron chi connectivity index (χ4n) is 5.10. The minimum Gasteiger partial charge on any atom is -0.493 e. The lowest BCUT2D eigenvalue weighted by Gasteiger charge is -2.40. The van der Waals surface area contributed by atoms with Crippen LogP contribution in [-0.2, 0) is 11.3 Å². The smallest absolute Gasteiger partial charge is 0.278 e. The van der Waals surface area contributed by atoms with Crippen LogP contribution in [0.25, 0.3) is 0 Å². The molecule has 7 heteroatoms. The van der Waals surface area contributed by atoms with E-state index < -0.39 is 0 Å². The van der Waals surface area contributed by atoms with Crippen molar-refractivity contribution in [3.63, 3.8) is 0 Å². The number of carbonyl (C=O) groups excluding carboxylic acids is 1. The Hall–Kier alpha value is -1.99. The Morgan fingerprint density at radius 2 is 1.53 bits per heavy atom. The number of nitrogens with one attached hydrogen (secondary N) is 2. The Balaban J connectivity index is 1.55. The van der Waals surface area contributed by atoms with E-state index in [0.717, 1.165) is 56.9 Å².